The van der Waals surface area contributed by atoms with E-state index in [0.717, 1.165) is 17.7 Å². The van der Waals surface area contributed by atoms with E-state index in [-0.39, 0.29) is 5.24 Å². The number of rotatable bonds is 3. The van der Waals surface area contributed by atoms with Crippen LogP contribution < -0.4 is 11.1 Å². The normalized spacial score (nSPS) is 9.62. The zero-order valence-corrected chi connectivity index (χ0v) is 8.05. The highest BCUT2D eigenvalue weighted by Gasteiger charge is 1.94. The van der Waals surface area contributed by atoms with Crippen LogP contribution in [0.15, 0.2) is 24.3 Å². The predicted molar refractivity (Wildman–Crippen MR) is 56.9 cm³/mol. The molecule has 0 saturated heterocycles. The second-order valence-corrected chi connectivity index (χ2v) is 3.13. The fourth-order valence-electron chi connectivity index (χ4n) is 0.998. The summed E-state index contributed by atoms with van der Waals surface area (Å²) in [5.74, 6) is 0. The first-order valence-electron chi connectivity index (χ1n) is 3.99. The number of amides is 1. The number of nitrogen functional groups attached to an aromatic ring is 1. The fraction of sp³-hybridized carbons (Fsp3) is 0.222. The second-order valence-electron chi connectivity index (χ2n) is 2.72. The van der Waals surface area contributed by atoms with Crippen LogP contribution in [0.2, 0.25) is 0 Å². The van der Waals surface area contributed by atoms with Crippen molar-refractivity contribution in [2.75, 3.05) is 12.3 Å². The molecule has 0 aliphatic rings. The molecule has 70 valence electrons. The molecule has 1 aromatic rings. The van der Waals surface area contributed by atoms with Crippen LogP contribution in [0.3, 0.4) is 0 Å². The molecular formula is C9H12N2OS. The standard InChI is InChI=1S/C9H12N2OS/c10-8-3-1-7(2-4-8)5-6-11-9(12)13/h1-4H,5-6,10H2,(H2,11,12,13). The Labute approximate surface area is 82.7 Å². The van der Waals surface area contributed by atoms with E-state index in [9.17, 15) is 4.79 Å². The van der Waals surface area contributed by atoms with Gasteiger partial charge in [-0.1, -0.05) is 24.8 Å². The summed E-state index contributed by atoms with van der Waals surface area (Å²) >= 11 is 3.59. The van der Waals surface area contributed by atoms with Crippen LogP contribution in [0.25, 0.3) is 0 Å². The summed E-state index contributed by atoms with van der Waals surface area (Å²) in [6.45, 7) is 0.603. The van der Waals surface area contributed by atoms with Crippen molar-refractivity contribution < 1.29 is 4.79 Å². The maximum absolute atomic E-state index is 10.4. The summed E-state index contributed by atoms with van der Waals surface area (Å²) in [5, 5.41) is 2.31. The fourth-order valence-corrected chi connectivity index (χ4v) is 1.11. The number of hydrogen-bond acceptors (Lipinski definition) is 2. The smallest absolute Gasteiger partial charge is 0.275 e. The SMILES string of the molecule is Nc1ccc(CCNC(=O)S)cc1. The first kappa shape index (κ1) is 9.92. The Morgan fingerprint density at radius 2 is 2.00 bits per heavy atom. The van der Waals surface area contributed by atoms with Gasteiger partial charge in [0, 0.05) is 12.2 Å². The molecule has 3 nitrogen and oxygen atoms in total. The summed E-state index contributed by atoms with van der Waals surface area (Å²) in [5.41, 5.74) is 7.42. The van der Waals surface area contributed by atoms with Gasteiger partial charge < -0.3 is 11.1 Å². The van der Waals surface area contributed by atoms with Gasteiger partial charge in [-0.15, -0.1) is 0 Å². The largest absolute Gasteiger partial charge is 0.399 e. The molecule has 13 heavy (non-hydrogen) atoms. The van der Waals surface area contributed by atoms with Gasteiger partial charge in [-0.25, -0.2) is 0 Å². The number of hydrogen-bond donors (Lipinski definition) is 3. The molecule has 1 aromatic carbocycles. The third kappa shape index (κ3) is 3.85. The Hall–Kier alpha value is -1.16. The number of anilines is 1. The van der Waals surface area contributed by atoms with Crippen LogP contribution in [-0.2, 0) is 6.42 Å². The lowest BCUT2D eigenvalue weighted by molar-refractivity contribution is 0.261. The molecule has 0 bridgehead atoms. The highest BCUT2D eigenvalue weighted by molar-refractivity contribution is 7.96. The average Bonchev–Trinajstić information content (AvgIpc) is 2.08. The summed E-state index contributed by atoms with van der Waals surface area (Å²) in [6.07, 6.45) is 0.798. The van der Waals surface area contributed by atoms with Gasteiger partial charge in [0.05, 0.1) is 0 Å². The van der Waals surface area contributed by atoms with Gasteiger partial charge in [0.15, 0.2) is 0 Å². The van der Waals surface area contributed by atoms with Crippen molar-refractivity contribution in [2.24, 2.45) is 0 Å². The van der Waals surface area contributed by atoms with Crippen LogP contribution in [0, 0.1) is 0 Å². The molecule has 3 N–H and O–H groups in total. The van der Waals surface area contributed by atoms with E-state index in [1.54, 1.807) is 0 Å². The Morgan fingerprint density at radius 1 is 1.38 bits per heavy atom. The maximum atomic E-state index is 10.4. The quantitative estimate of drug-likeness (QED) is 0.506. The summed E-state index contributed by atoms with van der Waals surface area (Å²) in [4.78, 5) is 10.4. The Balaban J connectivity index is 2.37. The number of carbonyl (C=O) groups is 1. The van der Waals surface area contributed by atoms with E-state index < -0.39 is 0 Å². The molecule has 0 aromatic heterocycles. The number of thiol groups is 1. The van der Waals surface area contributed by atoms with Crippen LogP contribution in [-0.4, -0.2) is 11.8 Å². The number of benzene rings is 1. The lowest BCUT2D eigenvalue weighted by atomic mass is 10.1. The molecule has 1 rings (SSSR count). The topological polar surface area (TPSA) is 55.1 Å². The molecule has 0 spiro atoms. The van der Waals surface area contributed by atoms with E-state index in [1.807, 2.05) is 24.3 Å². The first-order chi connectivity index (χ1) is 6.18. The minimum atomic E-state index is -0.296. The van der Waals surface area contributed by atoms with E-state index in [4.69, 9.17) is 5.73 Å². The molecule has 0 aliphatic heterocycles. The molecule has 0 saturated carbocycles. The van der Waals surface area contributed by atoms with Gasteiger partial charge >= 0.3 is 0 Å². The van der Waals surface area contributed by atoms with Gasteiger partial charge in [0.25, 0.3) is 5.24 Å². The van der Waals surface area contributed by atoms with Gasteiger partial charge in [0.1, 0.15) is 0 Å². The third-order valence-corrected chi connectivity index (χ3v) is 1.83. The molecule has 0 unspecified atom stereocenters. The van der Waals surface area contributed by atoms with Crippen molar-refractivity contribution >= 4 is 23.6 Å². The molecular weight excluding hydrogens is 184 g/mol. The van der Waals surface area contributed by atoms with E-state index in [0.29, 0.717) is 6.54 Å². The van der Waals surface area contributed by atoms with Crippen molar-refractivity contribution in [3.05, 3.63) is 29.8 Å². The lowest BCUT2D eigenvalue weighted by Gasteiger charge is -2.02. The summed E-state index contributed by atoms with van der Waals surface area (Å²) in [6, 6.07) is 7.58. The van der Waals surface area contributed by atoms with Crippen molar-refractivity contribution in [1.82, 2.24) is 5.32 Å². The molecule has 0 radical (unpaired) electrons. The first-order valence-corrected chi connectivity index (χ1v) is 4.44. The van der Waals surface area contributed by atoms with Gasteiger partial charge in [-0.2, -0.15) is 0 Å². The minimum absolute atomic E-state index is 0.296. The zero-order chi connectivity index (χ0) is 9.68. The monoisotopic (exact) mass is 196 g/mol. The van der Waals surface area contributed by atoms with Gasteiger partial charge in [0.2, 0.25) is 0 Å². The molecule has 0 atom stereocenters. The highest BCUT2D eigenvalue weighted by atomic mass is 32.1. The zero-order valence-electron chi connectivity index (χ0n) is 7.16. The Bertz CT molecular complexity index is 284. The molecule has 1 amide bonds. The average molecular weight is 196 g/mol. The lowest BCUT2D eigenvalue weighted by Crippen LogP contribution is -2.19. The number of nitrogens with two attached hydrogens (primary N) is 1. The minimum Gasteiger partial charge on any atom is -0.399 e. The number of carbonyl (C=O) groups excluding carboxylic acids is 1. The van der Waals surface area contributed by atoms with Crippen molar-refractivity contribution in [2.45, 2.75) is 6.42 Å². The molecule has 4 heteroatoms. The highest BCUT2D eigenvalue weighted by Crippen LogP contribution is 2.05. The van der Waals surface area contributed by atoms with Crippen LogP contribution in [0.4, 0.5) is 10.5 Å². The number of nitrogens with one attached hydrogen (secondary N) is 1. The molecule has 0 fully saturated rings. The Morgan fingerprint density at radius 3 is 2.54 bits per heavy atom. The van der Waals surface area contributed by atoms with Crippen molar-refractivity contribution in [1.29, 1.82) is 0 Å². The summed E-state index contributed by atoms with van der Waals surface area (Å²) in [7, 11) is 0. The van der Waals surface area contributed by atoms with Gasteiger partial charge in [-0.3, -0.25) is 4.79 Å². The van der Waals surface area contributed by atoms with E-state index in [1.165, 1.54) is 0 Å². The van der Waals surface area contributed by atoms with Crippen molar-refractivity contribution in [3.63, 3.8) is 0 Å². The van der Waals surface area contributed by atoms with Crippen LogP contribution in [0.1, 0.15) is 5.56 Å². The van der Waals surface area contributed by atoms with E-state index in [2.05, 4.69) is 17.9 Å². The maximum Gasteiger partial charge on any atom is 0.275 e. The molecule has 0 heterocycles. The second kappa shape index (κ2) is 4.77. The predicted octanol–water partition coefficient (Wildman–Crippen LogP) is 1.45. The molecule has 0 aliphatic carbocycles. The van der Waals surface area contributed by atoms with Crippen LogP contribution >= 0.6 is 12.6 Å². The van der Waals surface area contributed by atoms with Crippen LogP contribution in [0.5, 0.6) is 0 Å². The van der Waals surface area contributed by atoms with Crippen molar-refractivity contribution in [3.8, 4) is 0 Å². The summed E-state index contributed by atoms with van der Waals surface area (Å²) < 4.78 is 0. The van der Waals surface area contributed by atoms with E-state index >= 15 is 0 Å². The third-order valence-electron chi connectivity index (χ3n) is 1.67. The Kier molecular flexibility index (Phi) is 3.64. The van der Waals surface area contributed by atoms with Gasteiger partial charge in [-0.05, 0) is 24.1 Å².